The summed E-state index contributed by atoms with van der Waals surface area (Å²) >= 11 is 0. The molecule has 0 radical (unpaired) electrons. The van der Waals surface area contributed by atoms with Crippen molar-refractivity contribution in [3.63, 3.8) is 0 Å². The summed E-state index contributed by atoms with van der Waals surface area (Å²) in [5.41, 5.74) is 2.26. The molecule has 1 N–H and O–H groups in total. The molecule has 6 nitrogen and oxygen atoms in total. The second kappa shape index (κ2) is 8.59. The summed E-state index contributed by atoms with van der Waals surface area (Å²) in [6, 6.07) is 10.0. The third-order valence-electron chi connectivity index (χ3n) is 5.47. The van der Waals surface area contributed by atoms with Gasteiger partial charge in [-0.15, -0.1) is 0 Å². The minimum Gasteiger partial charge on any atom is -0.361 e. The number of hydrogen-bond donors (Lipinski definition) is 1. The molecule has 1 saturated heterocycles. The quantitative estimate of drug-likeness (QED) is 0.830. The van der Waals surface area contributed by atoms with E-state index in [-0.39, 0.29) is 11.8 Å². The van der Waals surface area contributed by atoms with Crippen LogP contribution in [0.5, 0.6) is 0 Å². The van der Waals surface area contributed by atoms with Crippen LogP contribution in [-0.4, -0.2) is 41.5 Å². The lowest BCUT2D eigenvalue weighted by Crippen LogP contribution is -2.54. The normalized spacial score (nSPS) is 19.5. The van der Waals surface area contributed by atoms with Crippen LogP contribution in [0.4, 0.5) is 0 Å². The number of aromatic nitrogens is 1. The fraction of sp³-hybridized carbons (Fsp3) is 0.500. The third kappa shape index (κ3) is 4.26. The predicted molar refractivity (Wildman–Crippen MR) is 108 cm³/mol. The maximum Gasteiger partial charge on any atom is 0.228 e. The number of likely N-dealkylation sites (tertiary alicyclic amines) is 1. The highest BCUT2D eigenvalue weighted by molar-refractivity contribution is 5.85. The first-order valence-corrected chi connectivity index (χ1v) is 10.1. The SMILES string of the molecule is CCNC(=O)[C@]1(Cc2cc(-c3ccc(C)cc3)no2)CCCN(C(=O)CC)C1. The minimum atomic E-state index is -0.677. The Labute approximate surface area is 166 Å². The van der Waals surface area contributed by atoms with Gasteiger partial charge < -0.3 is 14.7 Å². The van der Waals surface area contributed by atoms with Crippen LogP contribution >= 0.6 is 0 Å². The molecule has 1 aliphatic rings. The minimum absolute atomic E-state index is 0.0168. The van der Waals surface area contributed by atoms with Gasteiger partial charge in [-0.25, -0.2) is 0 Å². The standard InChI is InChI=1S/C22H29N3O3/c1-4-20(26)25-12-6-11-22(15-25,21(27)23-5-2)14-18-13-19(24-28-18)17-9-7-16(3)8-10-17/h7-10,13H,4-6,11-12,14-15H2,1-3H3,(H,23,27)/t22-/m0/s1. The lowest BCUT2D eigenvalue weighted by molar-refractivity contribution is -0.141. The van der Waals surface area contributed by atoms with Gasteiger partial charge in [-0.1, -0.05) is 41.9 Å². The van der Waals surface area contributed by atoms with Crippen LogP contribution in [0.1, 0.15) is 44.4 Å². The van der Waals surface area contributed by atoms with E-state index >= 15 is 0 Å². The number of rotatable bonds is 6. The number of carbonyl (C=O) groups is 2. The first-order chi connectivity index (χ1) is 13.5. The molecule has 6 heteroatoms. The number of carbonyl (C=O) groups excluding carboxylic acids is 2. The lowest BCUT2D eigenvalue weighted by Gasteiger charge is -2.41. The Balaban J connectivity index is 1.85. The van der Waals surface area contributed by atoms with Crippen molar-refractivity contribution in [3.05, 3.63) is 41.7 Å². The molecule has 0 unspecified atom stereocenters. The van der Waals surface area contributed by atoms with Crippen LogP contribution in [0.3, 0.4) is 0 Å². The second-order valence-corrected chi connectivity index (χ2v) is 7.63. The number of aryl methyl sites for hydroxylation is 1. The Hall–Kier alpha value is -2.63. The van der Waals surface area contributed by atoms with Gasteiger partial charge in [0.1, 0.15) is 11.5 Å². The fourth-order valence-corrected chi connectivity index (χ4v) is 3.92. The monoisotopic (exact) mass is 383 g/mol. The van der Waals surface area contributed by atoms with E-state index in [1.807, 2.05) is 56.0 Å². The van der Waals surface area contributed by atoms with E-state index in [0.717, 1.165) is 24.1 Å². The zero-order valence-electron chi connectivity index (χ0n) is 17.0. The predicted octanol–water partition coefficient (Wildman–Crippen LogP) is 3.35. The van der Waals surface area contributed by atoms with Crippen LogP contribution in [-0.2, 0) is 16.0 Å². The van der Waals surface area contributed by atoms with Gasteiger partial charge in [0.05, 0.1) is 5.41 Å². The number of amides is 2. The molecule has 0 saturated carbocycles. The van der Waals surface area contributed by atoms with Gasteiger partial charge in [-0.2, -0.15) is 0 Å². The van der Waals surface area contributed by atoms with E-state index < -0.39 is 5.41 Å². The average Bonchev–Trinajstić information content (AvgIpc) is 3.16. The second-order valence-electron chi connectivity index (χ2n) is 7.63. The van der Waals surface area contributed by atoms with E-state index in [0.29, 0.717) is 38.2 Å². The molecule has 150 valence electrons. The van der Waals surface area contributed by atoms with Crippen molar-refractivity contribution in [1.29, 1.82) is 0 Å². The number of benzene rings is 1. The van der Waals surface area contributed by atoms with Crippen molar-refractivity contribution in [2.75, 3.05) is 19.6 Å². The highest BCUT2D eigenvalue weighted by Crippen LogP contribution is 2.35. The summed E-state index contributed by atoms with van der Waals surface area (Å²) in [4.78, 5) is 27.1. The van der Waals surface area contributed by atoms with Gasteiger partial charge in [0.2, 0.25) is 11.8 Å². The molecule has 1 aromatic heterocycles. The van der Waals surface area contributed by atoms with E-state index in [2.05, 4.69) is 10.5 Å². The summed E-state index contributed by atoms with van der Waals surface area (Å²) in [6.07, 6.45) is 2.42. The summed E-state index contributed by atoms with van der Waals surface area (Å²) in [5, 5.41) is 7.16. The van der Waals surface area contributed by atoms with Crippen molar-refractivity contribution >= 4 is 11.8 Å². The largest absolute Gasteiger partial charge is 0.361 e. The van der Waals surface area contributed by atoms with Crippen molar-refractivity contribution in [2.45, 2.75) is 46.5 Å². The maximum atomic E-state index is 13.0. The van der Waals surface area contributed by atoms with Crippen LogP contribution in [0.2, 0.25) is 0 Å². The van der Waals surface area contributed by atoms with Gasteiger partial charge in [0.15, 0.2) is 0 Å². The molecular weight excluding hydrogens is 354 g/mol. The Morgan fingerprint density at radius 2 is 2.00 bits per heavy atom. The van der Waals surface area contributed by atoms with Crippen molar-refractivity contribution in [3.8, 4) is 11.3 Å². The summed E-state index contributed by atoms with van der Waals surface area (Å²) in [7, 11) is 0. The van der Waals surface area contributed by atoms with Crippen LogP contribution in [0, 0.1) is 12.3 Å². The van der Waals surface area contributed by atoms with Crippen molar-refractivity contribution in [1.82, 2.24) is 15.4 Å². The van der Waals surface area contributed by atoms with E-state index in [1.165, 1.54) is 5.56 Å². The molecule has 0 aliphatic carbocycles. The van der Waals surface area contributed by atoms with Gasteiger partial charge >= 0.3 is 0 Å². The highest BCUT2D eigenvalue weighted by Gasteiger charge is 2.44. The van der Waals surface area contributed by atoms with Crippen LogP contribution in [0.15, 0.2) is 34.9 Å². The van der Waals surface area contributed by atoms with E-state index in [9.17, 15) is 9.59 Å². The average molecular weight is 383 g/mol. The molecule has 1 aromatic carbocycles. The molecule has 2 heterocycles. The van der Waals surface area contributed by atoms with E-state index in [4.69, 9.17) is 4.52 Å². The smallest absolute Gasteiger partial charge is 0.228 e. The topological polar surface area (TPSA) is 75.4 Å². The first kappa shape index (κ1) is 20.1. The zero-order valence-corrected chi connectivity index (χ0v) is 17.0. The number of nitrogens with zero attached hydrogens (tertiary/aromatic N) is 2. The summed E-state index contributed by atoms with van der Waals surface area (Å²) in [6.45, 7) is 7.50. The molecule has 2 aromatic rings. The number of piperidine rings is 1. The third-order valence-corrected chi connectivity index (χ3v) is 5.47. The molecule has 2 amide bonds. The molecule has 1 atom stereocenters. The molecule has 1 fully saturated rings. The lowest BCUT2D eigenvalue weighted by atomic mass is 9.75. The Bertz CT molecular complexity index is 828. The highest BCUT2D eigenvalue weighted by atomic mass is 16.5. The molecule has 0 bridgehead atoms. The molecule has 0 spiro atoms. The van der Waals surface area contributed by atoms with Crippen molar-refractivity contribution < 1.29 is 14.1 Å². The Morgan fingerprint density at radius 1 is 1.25 bits per heavy atom. The summed E-state index contributed by atoms with van der Waals surface area (Å²) < 4.78 is 5.59. The van der Waals surface area contributed by atoms with Crippen LogP contribution in [0.25, 0.3) is 11.3 Å². The Kier molecular flexibility index (Phi) is 6.17. The number of nitrogens with one attached hydrogen (secondary N) is 1. The number of hydrogen-bond acceptors (Lipinski definition) is 4. The maximum absolute atomic E-state index is 13.0. The van der Waals surface area contributed by atoms with Gasteiger partial charge in [-0.05, 0) is 26.7 Å². The Morgan fingerprint density at radius 3 is 2.68 bits per heavy atom. The van der Waals surface area contributed by atoms with Crippen molar-refractivity contribution in [2.24, 2.45) is 5.41 Å². The molecular formula is C22H29N3O3. The van der Waals surface area contributed by atoms with Gasteiger partial charge in [-0.3, -0.25) is 9.59 Å². The van der Waals surface area contributed by atoms with E-state index in [1.54, 1.807) is 0 Å². The summed E-state index contributed by atoms with van der Waals surface area (Å²) in [5.74, 6) is 0.746. The molecule has 1 aliphatic heterocycles. The van der Waals surface area contributed by atoms with Gasteiger partial charge in [0, 0.05) is 44.1 Å². The first-order valence-electron chi connectivity index (χ1n) is 10.1. The fourth-order valence-electron chi connectivity index (χ4n) is 3.92. The van der Waals surface area contributed by atoms with Crippen LogP contribution < -0.4 is 5.32 Å². The molecule has 28 heavy (non-hydrogen) atoms. The molecule has 3 rings (SSSR count). The zero-order chi connectivity index (χ0) is 20.1. The van der Waals surface area contributed by atoms with Gasteiger partial charge in [0.25, 0.3) is 0 Å².